The summed E-state index contributed by atoms with van der Waals surface area (Å²) in [5.74, 6) is 0.672. The van der Waals surface area contributed by atoms with Crippen molar-refractivity contribution in [3.05, 3.63) is 47.0 Å². The van der Waals surface area contributed by atoms with Gasteiger partial charge in [-0.1, -0.05) is 28.9 Å². The van der Waals surface area contributed by atoms with Gasteiger partial charge in [0.05, 0.1) is 10.5 Å². The summed E-state index contributed by atoms with van der Waals surface area (Å²) in [5, 5.41) is 8.41. The van der Waals surface area contributed by atoms with Crippen LogP contribution in [-0.4, -0.2) is 34.2 Å². The third kappa shape index (κ3) is 3.23. The minimum absolute atomic E-state index is 0.0151. The molecule has 4 rings (SSSR count). The fourth-order valence-corrected chi connectivity index (χ4v) is 2.90. The third-order valence-corrected chi connectivity index (χ3v) is 4.04. The number of carbonyl (C=O) groups excluding carboxylic acids is 1. The first kappa shape index (κ1) is 15.7. The van der Waals surface area contributed by atoms with Gasteiger partial charge in [0.2, 0.25) is 0 Å². The van der Waals surface area contributed by atoms with Gasteiger partial charge < -0.3 is 14.2 Å². The largest absolute Gasteiger partial charge is 0.486 e. The van der Waals surface area contributed by atoms with E-state index in [1.54, 1.807) is 12.1 Å². The highest BCUT2D eigenvalue weighted by atomic mass is 35.5. The predicted octanol–water partition coefficient (Wildman–Crippen LogP) is 2.60. The quantitative estimate of drug-likeness (QED) is 0.666. The summed E-state index contributed by atoms with van der Waals surface area (Å²) in [6, 6.07) is 10.9. The first-order valence-electron chi connectivity index (χ1n) is 7.72. The number of benzene rings is 2. The molecular formula is C17H14ClN3O4. The fourth-order valence-electron chi connectivity index (χ4n) is 2.61. The van der Waals surface area contributed by atoms with Crippen molar-refractivity contribution in [3.63, 3.8) is 0 Å². The van der Waals surface area contributed by atoms with Gasteiger partial charge in [0.15, 0.2) is 11.5 Å². The summed E-state index contributed by atoms with van der Waals surface area (Å²) in [7, 11) is 0. The van der Waals surface area contributed by atoms with Gasteiger partial charge in [0.1, 0.15) is 31.9 Å². The molecule has 1 aliphatic heterocycles. The molecule has 0 unspecified atom stereocenters. The SMILES string of the molecule is O=C(Cn1nnc2ccccc21)OCc1cc(Cl)c2c(c1)OCCO2. The van der Waals surface area contributed by atoms with Crippen molar-refractivity contribution >= 4 is 28.6 Å². The molecule has 0 saturated heterocycles. The number of hydrogen-bond donors (Lipinski definition) is 0. The lowest BCUT2D eigenvalue weighted by Crippen LogP contribution is -2.16. The molecule has 0 aliphatic carbocycles. The molecule has 0 fully saturated rings. The van der Waals surface area contributed by atoms with E-state index in [-0.39, 0.29) is 13.2 Å². The molecule has 1 aliphatic rings. The van der Waals surface area contributed by atoms with Crippen LogP contribution in [0.25, 0.3) is 11.0 Å². The maximum absolute atomic E-state index is 12.1. The number of esters is 1. The molecule has 8 heteroatoms. The average molecular weight is 360 g/mol. The molecule has 0 amide bonds. The Balaban J connectivity index is 1.43. The second-order valence-corrected chi connectivity index (χ2v) is 5.91. The standard InChI is InChI=1S/C17H14ClN3O4/c18-12-7-11(8-15-17(12)24-6-5-23-15)10-25-16(22)9-21-14-4-2-1-3-13(14)19-20-21/h1-4,7-8H,5-6,9-10H2. The minimum Gasteiger partial charge on any atom is -0.486 e. The molecule has 0 saturated carbocycles. The summed E-state index contributed by atoms with van der Waals surface area (Å²) in [4.78, 5) is 12.1. The lowest BCUT2D eigenvalue weighted by molar-refractivity contribution is -0.145. The molecule has 0 radical (unpaired) electrons. The molecule has 0 spiro atoms. The Labute approximate surface area is 148 Å². The van der Waals surface area contributed by atoms with Gasteiger partial charge in [-0.15, -0.1) is 5.10 Å². The first-order chi connectivity index (χ1) is 12.2. The normalized spacial score (nSPS) is 13.0. The van der Waals surface area contributed by atoms with Crippen LogP contribution in [0.1, 0.15) is 5.56 Å². The molecule has 1 aromatic heterocycles. The van der Waals surface area contributed by atoms with Crippen LogP contribution >= 0.6 is 11.6 Å². The highest BCUT2D eigenvalue weighted by molar-refractivity contribution is 6.32. The number of halogens is 1. The topological polar surface area (TPSA) is 75.5 Å². The van der Waals surface area contributed by atoms with E-state index in [4.69, 9.17) is 25.8 Å². The highest BCUT2D eigenvalue weighted by Gasteiger charge is 2.17. The van der Waals surface area contributed by atoms with Crippen LogP contribution < -0.4 is 9.47 Å². The van der Waals surface area contributed by atoms with E-state index in [1.807, 2.05) is 24.3 Å². The smallest absolute Gasteiger partial charge is 0.328 e. The van der Waals surface area contributed by atoms with Crippen LogP contribution in [0.15, 0.2) is 36.4 Å². The van der Waals surface area contributed by atoms with Crippen LogP contribution in [0, 0.1) is 0 Å². The average Bonchev–Trinajstić information content (AvgIpc) is 3.03. The Hall–Kier alpha value is -2.80. The van der Waals surface area contributed by atoms with E-state index in [9.17, 15) is 4.79 Å². The second kappa shape index (κ2) is 6.60. The Morgan fingerprint density at radius 2 is 2.08 bits per heavy atom. The van der Waals surface area contributed by atoms with Crippen molar-refractivity contribution in [3.8, 4) is 11.5 Å². The van der Waals surface area contributed by atoms with Crippen molar-refractivity contribution < 1.29 is 19.0 Å². The van der Waals surface area contributed by atoms with Crippen molar-refractivity contribution in [2.75, 3.05) is 13.2 Å². The molecule has 3 aromatic rings. The maximum atomic E-state index is 12.1. The maximum Gasteiger partial charge on any atom is 0.328 e. The van der Waals surface area contributed by atoms with E-state index in [0.717, 1.165) is 16.6 Å². The lowest BCUT2D eigenvalue weighted by Gasteiger charge is -2.20. The van der Waals surface area contributed by atoms with E-state index < -0.39 is 5.97 Å². The molecule has 0 atom stereocenters. The lowest BCUT2D eigenvalue weighted by atomic mass is 10.2. The van der Waals surface area contributed by atoms with Gasteiger partial charge in [-0.25, -0.2) is 4.68 Å². The zero-order chi connectivity index (χ0) is 17.2. The first-order valence-corrected chi connectivity index (χ1v) is 8.10. The number of carbonyl (C=O) groups is 1. The van der Waals surface area contributed by atoms with Crippen LogP contribution in [-0.2, 0) is 22.7 Å². The minimum atomic E-state index is -0.415. The number of fused-ring (bicyclic) bond motifs is 2. The number of nitrogens with zero attached hydrogens (tertiary/aromatic N) is 3. The molecule has 7 nitrogen and oxygen atoms in total. The molecule has 2 heterocycles. The van der Waals surface area contributed by atoms with Crippen LogP contribution in [0.5, 0.6) is 11.5 Å². The van der Waals surface area contributed by atoms with Gasteiger partial charge in [-0.3, -0.25) is 4.79 Å². The number of aromatic nitrogens is 3. The number of rotatable bonds is 4. The van der Waals surface area contributed by atoms with Gasteiger partial charge in [-0.05, 0) is 29.8 Å². The molecule has 0 N–H and O–H groups in total. The van der Waals surface area contributed by atoms with Crippen LogP contribution in [0.4, 0.5) is 0 Å². The van der Waals surface area contributed by atoms with E-state index in [0.29, 0.717) is 29.7 Å². The predicted molar refractivity (Wildman–Crippen MR) is 89.8 cm³/mol. The summed E-state index contributed by atoms with van der Waals surface area (Å²) < 4.78 is 17.8. The van der Waals surface area contributed by atoms with Crippen LogP contribution in [0.2, 0.25) is 5.02 Å². The van der Waals surface area contributed by atoms with Gasteiger partial charge in [-0.2, -0.15) is 0 Å². The number of para-hydroxylation sites is 1. The van der Waals surface area contributed by atoms with Crippen molar-refractivity contribution in [1.29, 1.82) is 0 Å². The summed E-state index contributed by atoms with van der Waals surface area (Å²) in [5.41, 5.74) is 2.24. The number of hydrogen-bond acceptors (Lipinski definition) is 6. The summed E-state index contributed by atoms with van der Waals surface area (Å²) in [6.45, 7) is 0.999. The van der Waals surface area contributed by atoms with Crippen molar-refractivity contribution in [1.82, 2.24) is 15.0 Å². The summed E-state index contributed by atoms with van der Waals surface area (Å²) >= 11 is 6.18. The van der Waals surface area contributed by atoms with E-state index in [2.05, 4.69) is 10.3 Å². The van der Waals surface area contributed by atoms with E-state index in [1.165, 1.54) is 4.68 Å². The molecule has 2 aromatic carbocycles. The van der Waals surface area contributed by atoms with Crippen molar-refractivity contribution in [2.24, 2.45) is 0 Å². The highest BCUT2D eigenvalue weighted by Crippen LogP contribution is 2.38. The Morgan fingerprint density at radius 1 is 1.24 bits per heavy atom. The summed E-state index contributed by atoms with van der Waals surface area (Å²) in [6.07, 6.45) is 0. The van der Waals surface area contributed by atoms with E-state index >= 15 is 0 Å². The monoisotopic (exact) mass is 359 g/mol. The zero-order valence-electron chi connectivity index (χ0n) is 13.1. The third-order valence-electron chi connectivity index (χ3n) is 3.76. The zero-order valence-corrected chi connectivity index (χ0v) is 13.9. The number of ether oxygens (including phenoxy) is 3. The van der Waals surface area contributed by atoms with Crippen molar-refractivity contribution in [2.45, 2.75) is 13.2 Å². The molecule has 128 valence electrons. The molecular weight excluding hydrogens is 346 g/mol. The van der Waals surface area contributed by atoms with Gasteiger partial charge in [0, 0.05) is 0 Å². The second-order valence-electron chi connectivity index (χ2n) is 5.50. The molecule has 0 bridgehead atoms. The van der Waals surface area contributed by atoms with Gasteiger partial charge in [0.25, 0.3) is 0 Å². The van der Waals surface area contributed by atoms with Gasteiger partial charge >= 0.3 is 5.97 Å². The van der Waals surface area contributed by atoms with Crippen LogP contribution in [0.3, 0.4) is 0 Å². The Bertz CT molecular complexity index is 941. The Morgan fingerprint density at radius 3 is 3.00 bits per heavy atom. The fraction of sp³-hybridized carbons (Fsp3) is 0.235. The molecule has 25 heavy (non-hydrogen) atoms. The Kier molecular flexibility index (Phi) is 4.15.